The Morgan fingerprint density at radius 3 is 2.39 bits per heavy atom. The van der Waals surface area contributed by atoms with Gasteiger partial charge in [-0.15, -0.1) is 0 Å². The molecule has 1 heterocycles. The number of hydrogen-bond acceptors (Lipinski definition) is 2. The number of piperazine rings is 1. The number of rotatable bonds is 3. The zero-order valence-electron chi connectivity index (χ0n) is 12.7. The summed E-state index contributed by atoms with van der Waals surface area (Å²) in [6.07, 6.45) is 0.317. The fraction of sp³-hybridized carbons (Fsp3) is 0.278. The van der Waals surface area contributed by atoms with Crippen LogP contribution in [0.4, 0.5) is 10.1 Å². The Hall–Kier alpha value is -2.07. The molecule has 1 aliphatic heterocycles. The fourth-order valence-corrected chi connectivity index (χ4v) is 2.96. The highest BCUT2D eigenvalue weighted by Gasteiger charge is 2.21. The first-order valence-corrected chi connectivity index (χ1v) is 8.02. The largest absolute Gasteiger partial charge is 0.368 e. The highest BCUT2D eigenvalue weighted by atomic mass is 35.5. The second kappa shape index (κ2) is 7.01. The topological polar surface area (TPSA) is 23.6 Å². The smallest absolute Gasteiger partial charge is 0.227 e. The van der Waals surface area contributed by atoms with Crippen molar-refractivity contribution in [2.24, 2.45) is 0 Å². The Bertz CT molecular complexity index is 682. The lowest BCUT2D eigenvalue weighted by molar-refractivity contribution is -0.130. The number of amides is 1. The normalized spacial score (nSPS) is 14.9. The van der Waals surface area contributed by atoms with E-state index in [9.17, 15) is 9.18 Å². The molecule has 0 unspecified atom stereocenters. The van der Waals surface area contributed by atoms with Crippen LogP contribution in [0.15, 0.2) is 48.5 Å². The number of hydrogen-bond donors (Lipinski definition) is 0. The number of carbonyl (C=O) groups is 1. The van der Waals surface area contributed by atoms with E-state index in [4.69, 9.17) is 11.6 Å². The summed E-state index contributed by atoms with van der Waals surface area (Å²) >= 11 is 6.03. The quantitative estimate of drug-likeness (QED) is 0.860. The Balaban J connectivity index is 1.56. The highest BCUT2D eigenvalue weighted by Crippen LogP contribution is 2.21. The molecule has 0 aliphatic carbocycles. The molecule has 3 nitrogen and oxygen atoms in total. The van der Waals surface area contributed by atoms with E-state index in [1.807, 2.05) is 29.2 Å². The SMILES string of the molecule is O=C(Cc1ccc(F)cc1)N1CCN(c2cccc(Cl)c2)CC1. The van der Waals surface area contributed by atoms with E-state index in [0.717, 1.165) is 29.4 Å². The lowest BCUT2D eigenvalue weighted by Gasteiger charge is -2.36. The molecule has 0 saturated carbocycles. The van der Waals surface area contributed by atoms with Crippen LogP contribution in [0.2, 0.25) is 5.02 Å². The van der Waals surface area contributed by atoms with Crippen LogP contribution in [0.5, 0.6) is 0 Å². The summed E-state index contributed by atoms with van der Waals surface area (Å²) in [5.41, 5.74) is 1.93. The molecule has 1 aliphatic rings. The van der Waals surface area contributed by atoms with Crippen LogP contribution in [-0.2, 0) is 11.2 Å². The molecule has 1 fully saturated rings. The van der Waals surface area contributed by atoms with Gasteiger partial charge in [0, 0.05) is 36.9 Å². The first kappa shape index (κ1) is 15.8. The van der Waals surface area contributed by atoms with Gasteiger partial charge in [-0.3, -0.25) is 4.79 Å². The minimum absolute atomic E-state index is 0.0855. The standard InChI is InChI=1S/C18H18ClFN2O/c19-15-2-1-3-17(13-15)21-8-10-22(11-9-21)18(23)12-14-4-6-16(20)7-5-14/h1-7,13H,8-12H2. The summed E-state index contributed by atoms with van der Waals surface area (Å²) in [5, 5.41) is 0.720. The molecule has 2 aromatic carbocycles. The Morgan fingerprint density at radius 2 is 1.74 bits per heavy atom. The average Bonchev–Trinajstić information content (AvgIpc) is 2.57. The van der Waals surface area contributed by atoms with Crippen molar-refractivity contribution in [3.8, 4) is 0 Å². The van der Waals surface area contributed by atoms with Gasteiger partial charge in [-0.05, 0) is 35.9 Å². The van der Waals surface area contributed by atoms with Crippen molar-refractivity contribution in [3.05, 3.63) is 64.9 Å². The second-order valence-electron chi connectivity index (χ2n) is 5.65. The number of nitrogens with zero attached hydrogens (tertiary/aromatic N) is 2. The third kappa shape index (κ3) is 4.02. The van der Waals surface area contributed by atoms with Crippen molar-refractivity contribution in [3.63, 3.8) is 0 Å². The molecule has 5 heteroatoms. The summed E-state index contributed by atoms with van der Waals surface area (Å²) in [6, 6.07) is 13.9. The summed E-state index contributed by atoms with van der Waals surface area (Å²) in [5.74, 6) is -0.196. The van der Waals surface area contributed by atoms with Crippen molar-refractivity contribution in [2.45, 2.75) is 6.42 Å². The van der Waals surface area contributed by atoms with Crippen LogP contribution in [0.1, 0.15) is 5.56 Å². The van der Waals surface area contributed by atoms with Crippen LogP contribution in [0.3, 0.4) is 0 Å². The van der Waals surface area contributed by atoms with Gasteiger partial charge >= 0.3 is 0 Å². The van der Waals surface area contributed by atoms with Gasteiger partial charge in [-0.1, -0.05) is 29.8 Å². The first-order valence-electron chi connectivity index (χ1n) is 7.64. The van der Waals surface area contributed by atoms with Gasteiger partial charge < -0.3 is 9.80 Å². The first-order chi connectivity index (χ1) is 11.1. The number of carbonyl (C=O) groups excluding carboxylic acids is 1. The van der Waals surface area contributed by atoms with Crippen molar-refractivity contribution in [1.82, 2.24) is 4.90 Å². The Kier molecular flexibility index (Phi) is 4.82. The molecule has 0 spiro atoms. The van der Waals surface area contributed by atoms with Gasteiger partial charge in [0.1, 0.15) is 5.82 Å². The summed E-state index contributed by atoms with van der Waals surface area (Å²) < 4.78 is 12.9. The zero-order chi connectivity index (χ0) is 16.2. The maximum absolute atomic E-state index is 12.9. The summed E-state index contributed by atoms with van der Waals surface area (Å²) in [7, 11) is 0. The second-order valence-corrected chi connectivity index (χ2v) is 6.09. The van der Waals surface area contributed by atoms with E-state index in [2.05, 4.69) is 4.90 Å². The molecule has 2 aromatic rings. The molecule has 1 amide bonds. The molecule has 23 heavy (non-hydrogen) atoms. The van der Waals surface area contributed by atoms with Crippen molar-refractivity contribution in [1.29, 1.82) is 0 Å². The predicted molar refractivity (Wildman–Crippen MR) is 90.3 cm³/mol. The van der Waals surface area contributed by atoms with Crippen LogP contribution in [-0.4, -0.2) is 37.0 Å². The molecule has 0 bridgehead atoms. The summed E-state index contributed by atoms with van der Waals surface area (Å²) in [4.78, 5) is 16.4. The molecular formula is C18H18ClFN2O. The molecule has 0 atom stereocenters. The number of halogens is 2. The molecule has 1 saturated heterocycles. The van der Waals surface area contributed by atoms with Gasteiger partial charge in [-0.2, -0.15) is 0 Å². The van der Waals surface area contributed by atoms with Crippen LogP contribution < -0.4 is 4.90 Å². The fourth-order valence-electron chi connectivity index (χ4n) is 2.78. The third-order valence-electron chi connectivity index (χ3n) is 4.07. The van der Waals surface area contributed by atoms with Crippen molar-refractivity contribution in [2.75, 3.05) is 31.1 Å². The van der Waals surface area contributed by atoms with E-state index >= 15 is 0 Å². The molecule has 0 radical (unpaired) electrons. The lowest BCUT2D eigenvalue weighted by atomic mass is 10.1. The Morgan fingerprint density at radius 1 is 1.04 bits per heavy atom. The molecule has 120 valence electrons. The molecular weight excluding hydrogens is 315 g/mol. The van der Waals surface area contributed by atoms with E-state index in [1.165, 1.54) is 12.1 Å². The average molecular weight is 333 g/mol. The minimum atomic E-state index is -0.281. The van der Waals surface area contributed by atoms with Gasteiger partial charge in [0.25, 0.3) is 0 Å². The molecule has 3 rings (SSSR count). The maximum Gasteiger partial charge on any atom is 0.227 e. The van der Waals surface area contributed by atoms with Gasteiger partial charge in [-0.25, -0.2) is 4.39 Å². The van der Waals surface area contributed by atoms with Crippen LogP contribution in [0.25, 0.3) is 0 Å². The minimum Gasteiger partial charge on any atom is -0.368 e. The molecule has 0 aromatic heterocycles. The van der Waals surface area contributed by atoms with E-state index < -0.39 is 0 Å². The van der Waals surface area contributed by atoms with Crippen molar-refractivity contribution < 1.29 is 9.18 Å². The zero-order valence-corrected chi connectivity index (χ0v) is 13.5. The highest BCUT2D eigenvalue weighted by molar-refractivity contribution is 6.30. The van der Waals surface area contributed by atoms with Gasteiger partial charge in [0.15, 0.2) is 0 Å². The van der Waals surface area contributed by atoms with Crippen LogP contribution in [0, 0.1) is 5.82 Å². The maximum atomic E-state index is 12.9. The van der Waals surface area contributed by atoms with Crippen molar-refractivity contribution >= 4 is 23.2 Å². The third-order valence-corrected chi connectivity index (χ3v) is 4.31. The van der Waals surface area contributed by atoms with E-state index in [0.29, 0.717) is 19.5 Å². The van der Waals surface area contributed by atoms with Crippen LogP contribution >= 0.6 is 11.6 Å². The van der Waals surface area contributed by atoms with E-state index in [1.54, 1.807) is 12.1 Å². The summed E-state index contributed by atoms with van der Waals surface area (Å²) in [6.45, 7) is 2.95. The van der Waals surface area contributed by atoms with E-state index in [-0.39, 0.29) is 11.7 Å². The van der Waals surface area contributed by atoms with Gasteiger partial charge in [0.2, 0.25) is 5.91 Å². The van der Waals surface area contributed by atoms with Gasteiger partial charge in [0.05, 0.1) is 6.42 Å². The molecule has 0 N–H and O–H groups in total. The Labute approximate surface area is 140 Å². The number of benzene rings is 2. The monoisotopic (exact) mass is 332 g/mol. The number of anilines is 1. The lowest BCUT2D eigenvalue weighted by Crippen LogP contribution is -2.49. The predicted octanol–water partition coefficient (Wildman–Crippen LogP) is 3.37.